The Labute approximate surface area is 178 Å². The summed E-state index contributed by atoms with van der Waals surface area (Å²) < 4.78 is 17.0. The molecule has 0 amide bonds. The van der Waals surface area contributed by atoms with Crippen LogP contribution in [0.4, 0.5) is 21.0 Å². The number of aromatic nitrogens is 6. The number of nitrogens with one attached hydrogen (secondary N) is 1. The predicted octanol–water partition coefficient (Wildman–Crippen LogP) is 4.11. The van der Waals surface area contributed by atoms with Crippen molar-refractivity contribution in [2.24, 2.45) is 0 Å². The third-order valence-electron chi connectivity index (χ3n) is 4.15. The number of aryl methyl sites for hydroxylation is 1. The molecule has 154 valence electrons. The zero-order valence-electron chi connectivity index (χ0n) is 15.5. The molecule has 1 N–H and O–H groups in total. The van der Waals surface area contributed by atoms with Gasteiger partial charge in [0.1, 0.15) is 12.0 Å². The van der Waals surface area contributed by atoms with Gasteiger partial charge >= 0.3 is 5.69 Å². The van der Waals surface area contributed by atoms with Crippen LogP contribution in [-0.4, -0.2) is 34.7 Å². The van der Waals surface area contributed by atoms with Gasteiger partial charge in [-0.15, -0.1) is 10.2 Å². The molecule has 0 aliphatic rings. The van der Waals surface area contributed by atoms with Gasteiger partial charge in [-0.3, -0.25) is 19.5 Å². The van der Waals surface area contributed by atoms with Crippen LogP contribution < -0.4 is 5.32 Å². The summed E-state index contributed by atoms with van der Waals surface area (Å²) in [4.78, 5) is 10.8. The molecule has 0 spiro atoms. The van der Waals surface area contributed by atoms with Gasteiger partial charge in [0.2, 0.25) is 10.8 Å². The summed E-state index contributed by atoms with van der Waals surface area (Å²) in [5.41, 5.74) is 0.364. The van der Waals surface area contributed by atoms with Crippen molar-refractivity contribution in [1.82, 2.24) is 29.8 Å². The van der Waals surface area contributed by atoms with E-state index in [-0.39, 0.29) is 17.9 Å². The summed E-state index contributed by atoms with van der Waals surface area (Å²) in [5.74, 6) is 0.0492. The Bertz CT molecular complexity index is 1200. The SMILES string of the molecule is CCn1cc([N+](=O)[O-])c(-c2nnc(Nc3ccn(Cc4c(F)cccc4Cl)n3)s2)n1. The highest BCUT2D eigenvalue weighted by Gasteiger charge is 2.24. The van der Waals surface area contributed by atoms with Gasteiger partial charge in [-0.1, -0.05) is 29.0 Å². The maximum atomic E-state index is 14.0. The van der Waals surface area contributed by atoms with Crippen molar-refractivity contribution in [2.75, 3.05) is 5.32 Å². The molecule has 0 aliphatic heterocycles. The second kappa shape index (κ2) is 8.16. The summed E-state index contributed by atoms with van der Waals surface area (Å²) in [6.07, 6.45) is 3.03. The molecule has 0 saturated carbocycles. The van der Waals surface area contributed by atoms with Crippen LogP contribution in [0.3, 0.4) is 0 Å². The molecule has 3 aromatic heterocycles. The Morgan fingerprint density at radius 3 is 2.83 bits per heavy atom. The first-order valence-electron chi connectivity index (χ1n) is 8.73. The van der Waals surface area contributed by atoms with Crippen molar-refractivity contribution in [3.8, 4) is 10.7 Å². The zero-order chi connectivity index (χ0) is 21.3. The van der Waals surface area contributed by atoms with Gasteiger partial charge < -0.3 is 5.32 Å². The topological polar surface area (TPSA) is 117 Å². The van der Waals surface area contributed by atoms with Gasteiger partial charge in [0, 0.05) is 29.4 Å². The lowest BCUT2D eigenvalue weighted by atomic mass is 10.2. The average molecular weight is 449 g/mol. The fraction of sp³-hybridized carbons (Fsp3) is 0.176. The number of halogens is 2. The fourth-order valence-electron chi connectivity index (χ4n) is 2.70. The Balaban J connectivity index is 1.52. The molecule has 0 radical (unpaired) electrons. The van der Waals surface area contributed by atoms with E-state index in [4.69, 9.17) is 11.6 Å². The van der Waals surface area contributed by atoms with E-state index >= 15 is 0 Å². The molecule has 13 heteroatoms. The van der Waals surface area contributed by atoms with Gasteiger partial charge in [-0.25, -0.2) is 4.39 Å². The summed E-state index contributed by atoms with van der Waals surface area (Å²) in [7, 11) is 0. The van der Waals surface area contributed by atoms with E-state index in [1.165, 1.54) is 27.7 Å². The van der Waals surface area contributed by atoms with Crippen LogP contribution in [0.1, 0.15) is 12.5 Å². The summed E-state index contributed by atoms with van der Waals surface area (Å²) in [5, 5.41) is 31.8. The highest BCUT2D eigenvalue weighted by atomic mass is 35.5. The number of anilines is 2. The van der Waals surface area contributed by atoms with E-state index in [2.05, 4.69) is 25.7 Å². The summed E-state index contributed by atoms with van der Waals surface area (Å²) >= 11 is 7.17. The lowest BCUT2D eigenvalue weighted by molar-refractivity contribution is -0.384. The molecule has 0 unspecified atom stereocenters. The standard InChI is InChI=1S/C17H14ClFN8O2S/c1-2-25-9-13(27(28)29)15(24-25)16-21-22-17(30-16)20-14-6-7-26(23-14)8-10-11(18)4-3-5-12(10)19/h3-7,9H,2,8H2,1H3,(H,20,22,23). The molecule has 30 heavy (non-hydrogen) atoms. The van der Waals surface area contributed by atoms with E-state index < -0.39 is 10.7 Å². The highest BCUT2D eigenvalue weighted by Crippen LogP contribution is 2.33. The van der Waals surface area contributed by atoms with Crippen molar-refractivity contribution in [3.05, 3.63) is 63.2 Å². The van der Waals surface area contributed by atoms with E-state index in [9.17, 15) is 14.5 Å². The molecule has 0 atom stereocenters. The summed E-state index contributed by atoms with van der Waals surface area (Å²) in [6.45, 7) is 2.49. The molecule has 3 heterocycles. The van der Waals surface area contributed by atoms with Crippen molar-refractivity contribution in [3.63, 3.8) is 0 Å². The van der Waals surface area contributed by atoms with Crippen LogP contribution >= 0.6 is 22.9 Å². The minimum Gasteiger partial charge on any atom is -0.313 e. The highest BCUT2D eigenvalue weighted by molar-refractivity contribution is 7.18. The van der Waals surface area contributed by atoms with Gasteiger partial charge in [-0.2, -0.15) is 10.2 Å². The number of hydrogen-bond donors (Lipinski definition) is 1. The number of benzene rings is 1. The normalized spacial score (nSPS) is 11.0. The first kappa shape index (κ1) is 19.9. The zero-order valence-corrected chi connectivity index (χ0v) is 17.1. The maximum absolute atomic E-state index is 14.0. The van der Waals surface area contributed by atoms with Gasteiger partial charge in [0.25, 0.3) is 0 Å². The Kier molecular flexibility index (Phi) is 5.42. The van der Waals surface area contributed by atoms with Crippen molar-refractivity contribution < 1.29 is 9.31 Å². The molecular weight excluding hydrogens is 435 g/mol. The van der Waals surface area contributed by atoms with E-state index in [1.54, 1.807) is 18.3 Å². The lowest BCUT2D eigenvalue weighted by Crippen LogP contribution is -2.04. The first-order chi connectivity index (χ1) is 14.4. The van der Waals surface area contributed by atoms with Crippen LogP contribution in [0.15, 0.2) is 36.7 Å². The quantitative estimate of drug-likeness (QED) is 0.334. The smallest absolute Gasteiger partial charge is 0.313 e. The molecule has 0 aliphatic carbocycles. The van der Waals surface area contributed by atoms with Gasteiger partial charge in [0.15, 0.2) is 10.8 Å². The molecule has 0 saturated heterocycles. The number of rotatable bonds is 7. The van der Waals surface area contributed by atoms with Gasteiger partial charge in [0.05, 0.1) is 11.5 Å². The maximum Gasteiger partial charge on any atom is 0.317 e. The van der Waals surface area contributed by atoms with Crippen LogP contribution in [0.2, 0.25) is 5.02 Å². The Hall–Kier alpha value is -3.38. The van der Waals surface area contributed by atoms with Crippen LogP contribution in [0, 0.1) is 15.9 Å². The second-order valence-electron chi connectivity index (χ2n) is 6.11. The molecular formula is C17H14ClFN8O2S. The Morgan fingerprint density at radius 1 is 1.27 bits per heavy atom. The second-order valence-corrected chi connectivity index (χ2v) is 7.50. The predicted molar refractivity (Wildman–Crippen MR) is 109 cm³/mol. The number of hydrogen-bond acceptors (Lipinski definition) is 8. The summed E-state index contributed by atoms with van der Waals surface area (Å²) in [6, 6.07) is 6.18. The molecule has 10 nitrogen and oxygen atoms in total. The average Bonchev–Trinajstić information content (AvgIpc) is 3.44. The Morgan fingerprint density at radius 2 is 2.10 bits per heavy atom. The third kappa shape index (κ3) is 4.00. The van der Waals surface area contributed by atoms with E-state index in [0.717, 1.165) is 11.3 Å². The molecule has 0 bridgehead atoms. The fourth-order valence-corrected chi connectivity index (χ4v) is 3.67. The molecule has 4 rings (SSSR count). The monoisotopic (exact) mass is 448 g/mol. The molecule has 1 aromatic carbocycles. The first-order valence-corrected chi connectivity index (χ1v) is 9.93. The van der Waals surface area contributed by atoms with E-state index in [1.807, 2.05) is 6.92 Å². The van der Waals surface area contributed by atoms with Crippen molar-refractivity contribution in [1.29, 1.82) is 0 Å². The molecule has 0 fully saturated rings. The van der Waals surface area contributed by atoms with E-state index in [0.29, 0.717) is 33.1 Å². The van der Waals surface area contributed by atoms with Crippen LogP contribution in [-0.2, 0) is 13.1 Å². The largest absolute Gasteiger partial charge is 0.317 e. The van der Waals surface area contributed by atoms with Crippen LogP contribution in [0.25, 0.3) is 10.7 Å². The number of nitro groups is 1. The third-order valence-corrected chi connectivity index (χ3v) is 5.35. The van der Waals surface area contributed by atoms with Crippen LogP contribution in [0.5, 0.6) is 0 Å². The molecule has 4 aromatic rings. The minimum absolute atomic E-state index is 0.134. The van der Waals surface area contributed by atoms with Crippen molar-refractivity contribution in [2.45, 2.75) is 20.0 Å². The lowest BCUT2D eigenvalue weighted by Gasteiger charge is -2.05. The van der Waals surface area contributed by atoms with Crippen molar-refractivity contribution >= 4 is 39.6 Å². The minimum atomic E-state index is -0.501. The van der Waals surface area contributed by atoms with Gasteiger partial charge in [-0.05, 0) is 19.1 Å². The number of nitrogens with zero attached hydrogens (tertiary/aromatic N) is 7.